The average Bonchev–Trinajstić information content (AvgIpc) is 2.67. The second kappa shape index (κ2) is 3.87. The summed E-state index contributed by atoms with van der Waals surface area (Å²) < 4.78 is 0. The lowest BCUT2D eigenvalue weighted by molar-refractivity contribution is 0.322. The average molecular weight is 185 g/mol. The highest BCUT2D eigenvalue weighted by molar-refractivity contribution is 6.08. The Bertz CT molecular complexity index is 374. The van der Waals surface area contributed by atoms with Crippen LogP contribution in [0.5, 0.6) is 0 Å². The minimum absolute atomic E-state index is 0.596. The highest BCUT2D eigenvalue weighted by Crippen LogP contribution is 2.27. The maximum Gasteiger partial charge on any atom is 0.0736 e. The van der Waals surface area contributed by atoms with Crippen molar-refractivity contribution in [2.24, 2.45) is 5.16 Å². The van der Waals surface area contributed by atoms with Crippen molar-refractivity contribution in [3.8, 4) is 0 Å². The van der Waals surface area contributed by atoms with Crippen LogP contribution in [0.3, 0.4) is 0 Å². The number of hydrogen-bond donors (Lipinski definition) is 1. The van der Waals surface area contributed by atoms with Gasteiger partial charge in [0.15, 0.2) is 0 Å². The van der Waals surface area contributed by atoms with Crippen LogP contribution in [0.2, 0.25) is 0 Å². The third-order valence-corrected chi connectivity index (χ3v) is 2.83. The maximum absolute atomic E-state index is 8.52. The van der Waals surface area contributed by atoms with Crippen molar-refractivity contribution in [2.75, 3.05) is 0 Å². The van der Waals surface area contributed by atoms with E-state index >= 15 is 0 Å². The van der Waals surface area contributed by atoms with Crippen molar-refractivity contribution in [2.45, 2.75) is 25.6 Å². The van der Waals surface area contributed by atoms with Crippen LogP contribution in [-0.2, 0) is 19.2 Å². The molecule has 0 amide bonds. The van der Waals surface area contributed by atoms with Gasteiger partial charge in [-0.25, -0.2) is 0 Å². The fourth-order valence-electron chi connectivity index (χ4n) is 2.18. The first-order valence-corrected chi connectivity index (χ1v) is 4.88. The lowest BCUT2D eigenvalue weighted by Crippen LogP contribution is -1.98. The third-order valence-electron chi connectivity index (χ3n) is 2.83. The largest absolute Gasteiger partial charge is 0.411 e. The van der Waals surface area contributed by atoms with Gasteiger partial charge in [0.25, 0.3) is 0 Å². The van der Waals surface area contributed by atoms with E-state index < -0.39 is 0 Å². The molecule has 0 unspecified atom stereocenters. The molecule has 2 radical (unpaired) electrons. The molecule has 0 fully saturated rings. The molecule has 3 heteroatoms. The van der Waals surface area contributed by atoms with Gasteiger partial charge in [0, 0.05) is 0 Å². The molecule has 14 heavy (non-hydrogen) atoms. The quantitative estimate of drug-likeness (QED) is 0.323. The van der Waals surface area contributed by atoms with E-state index in [0.29, 0.717) is 6.32 Å². The summed E-state index contributed by atoms with van der Waals surface area (Å²) >= 11 is 0. The topological polar surface area (TPSA) is 32.6 Å². The molecule has 0 heterocycles. The van der Waals surface area contributed by atoms with Crippen molar-refractivity contribution in [1.29, 1.82) is 0 Å². The maximum atomic E-state index is 8.52. The number of benzene rings is 1. The molecule has 0 saturated heterocycles. The molecule has 0 atom stereocenters. The molecule has 1 aromatic carbocycles. The number of rotatable bonds is 2. The molecule has 0 saturated carbocycles. The molecule has 0 aliphatic heterocycles. The number of oxime groups is 1. The summed E-state index contributed by atoms with van der Waals surface area (Å²) in [6, 6.07) is 4.01. The Labute approximate surface area is 85.0 Å². The Morgan fingerprint density at radius 1 is 1.36 bits per heavy atom. The van der Waals surface area contributed by atoms with Crippen LogP contribution in [0, 0.1) is 0 Å². The summed E-state index contributed by atoms with van der Waals surface area (Å²) in [5, 5.41) is 11.6. The molecule has 1 aliphatic carbocycles. The van der Waals surface area contributed by atoms with Gasteiger partial charge in [-0.3, -0.25) is 0 Å². The van der Waals surface area contributed by atoms with Gasteiger partial charge < -0.3 is 5.21 Å². The van der Waals surface area contributed by atoms with E-state index in [1.807, 2.05) is 12.1 Å². The zero-order valence-electron chi connectivity index (χ0n) is 8.03. The normalized spacial score (nSPS) is 14.9. The summed E-state index contributed by atoms with van der Waals surface area (Å²) in [4.78, 5) is 0. The zero-order valence-corrected chi connectivity index (χ0v) is 8.03. The zero-order chi connectivity index (χ0) is 9.97. The second-order valence-corrected chi connectivity index (χ2v) is 3.57. The van der Waals surface area contributed by atoms with Gasteiger partial charge in [0.1, 0.15) is 0 Å². The van der Waals surface area contributed by atoms with Crippen LogP contribution in [0.1, 0.15) is 28.7 Å². The lowest BCUT2D eigenvalue weighted by atomic mass is 9.89. The fraction of sp³-hybridized carbons (Fsp3) is 0.364. The molecule has 2 rings (SSSR count). The highest BCUT2D eigenvalue weighted by atomic mass is 16.4. The number of fused-ring (bicyclic) bond motifs is 1. The molecular formula is C11H12BNO. The SMILES string of the molecule is [B]Cc1ccc(/C=N/O)c2c1CCC2. The smallest absolute Gasteiger partial charge is 0.0736 e. The first kappa shape index (κ1) is 9.32. The van der Waals surface area contributed by atoms with Crippen molar-refractivity contribution < 1.29 is 5.21 Å². The Morgan fingerprint density at radius 3 is 2.86 bits per heavy atom. The minimum Gasteiger partial charge on any atom is -0.411 e. The van der Waals surface area contributed by atoms with Crippen LogP contribution in [0.25, 0.3) is 0 Å². The predicted octanol–water partition coefficient (Wildman–Crippen LogP) is 1.65. The van der Waals surface area contributed by atoms with Crippen molar-refractivity contribution in [3.05, 3.63) is 34.4 Å². The molecular weight excluding hydrogens is 173 g/mol. The third kappa shape index (κ3) is 1.43. The molecule has 1 aromatic rings. The van der Waals surface area contributed by atoms with E-state index in [4.69, 9.17) is 13.1 Å². The molecule has 2 nitrogen and oxygen atoms in total. The van der Waals surface area contributed by atoms with Crippen molar-refractivity contribution in [1.82, 2.24) is 0 Å². The van der Waals surface area contributed by atoms with Gasteiger partial charge in [-0.05, 0) is 36.0 Å². The highest BCUT2D eigenvalue weighted by Gasteiger charge is 2.16. The van der Waals surface area contributed by atoms with E-state index in [-0.39, 0.29) is 0 Å². The second-order valence-electron chi connectivity index (χ2n) is 3.57. The minimum atomic E-state index is 0.596. The Balaban J connectivity index is 2.52. The van der Waals surface area contributed by atoms with Crippen LogP contribution < -0.4 is 0 Å². The molecule has 1 aliphatic rings. The first-order chi connectivity index (χ1) is 6.86. The van der Waals surface area contributed by atoms with E-state index in [1.54, 1.807) is 0 Å². The molecule has 0 bridgehead atoms. The van der Waals surface area contributed by atoms with Crippen LogP contribution in [0.4, 0.5) is 0 Å². The summed E-state index contributed by atoms with van der Waals surface area (Å²) in [7, 11) is 5.66. The van der Waals surface area contributed by atoms with Gasteiger partial charge in [0.2, 0.25) is 0 Å². The van der Waals surface area contributed by atoms with Crippen molar-refractivity contribution >= 4 is 14.1 Å². The lowest BCUT2D eigenvalue weighted by Gasteiger charge is -2.08. The summed E-state index contributed by atoms with van der Waals surface area (Å²) in [6.45, 7) is 0. The summed E-state index contributed by atoms with van der Waals surface area (Å²) in [5.74, 6) is 0. The van der Waals surface area contributed by atoms with Gasteiger partial charge in [-0.2, -0.15) is 0 Å². The fourth-order valence-corrected chi connectivity index (χ4v) is 2.18. The molecule has 0 spiro atoms. The van der Waals surface area contributed by atoms with Crippen LogP contribution >= 0.6 is 0 Å². The van der Waals surface area contributed by atoms with E-state index in [0.717, 1.165) is 18.4 Å². The van der Waals surface area contributed by atoms with Gasteiger partial charge in [-0.1, -0.05) is 29.2 Å². The van der Waals surface area contributed by atoms with Gasteiger partial charge in [0.05, 0.1) is 14.1 Å². The monoisotopic (exact) mass is 185 g/mol. The Kier molecular flexibility index (Phi) is 2.57. The number of nitrogens with zero attached hydrogens (tertiary/aromatic N) is 1. The Morgan fingerprint density at radius 2 is 2.14 bits per heavy atom. The van der Waals surface area contributed by atoms with E-state index in [1.165, 1.54) is 29.3 Å². The molecule has 1 N–H and O–H groups in total. The Hall–Kier alpha value is -1.25. The predicted molar refractivity (Wildman–Crippen MR) is 57.3 cm³/mol. The van der Waals surface area contributed by atoms with Crippen molar-refractivity contribution in [3.63, 3.8) is 0 Å². The van der Waals surface area contributed by atoms with Gasteiger partial charge >= 0.3 is 0 Å². The molecule has 70 valence electrons. The number of hydrogen-bond acceptors (Lipinski definition) is 2. The van der Waals surface area contributed by atoms with E-state index in [2.05, 4.69) is 5.16 Å². The summed E-state index contributed by atoms with van der Waals surface area (Å²) in [6.07, 6.45) is 5.46. The standard InChI is InChI=1S/C11H12BNO/c12-6-8-4-5-9(7-13-14)11-3-1-2-10(8)11/h4-5,7,14H,1-3,6H2/b13-7+. The molecule has 0 aromatic heterocycles. The van der Waals surface area contributed by atoms with E-state index in [9.17, 15) is 0 Å². The van der Waals surface area contributed by atoms with Crippen LogP contribution in [0.15, 0.2) is 17.3 Å². The van der Waals surface area contributed by atoms with Gasteiger partial charge in [-0.15, -0.1) is 0 Å². The summed E-state index contributed by atoms with van der Waals surface area (Å²) in [5.41, 5.74) is 4.93. The van der Waals surface area contributed by atoms with Crippen LogP contribution in [-0.4, -0.2) is 19.3 Å². The first-order valence-electron chi connectivity index (χ1n) is 4.88.